The highest BCUT2D eigenvalue weighted by atomic mass is 16.8. The van der Waals surface area contributed by atoms with Crippen LogP contribution >= 0.6 is 0 Å². The Bertz CT molecular complexity index is 965. The number of anilines is 1. The number of rotatable bonds is 6. The third-order valence-corrected chi connectivity index (χ3v) is 8.36. The van der Waals surface area contributed by atoms with Crippen LogP contribution in [0.2, 0.25) is 0 Å². The van der Waals surface area contributed by atoms with E-state index in [1.165, 1.54) is 25.1 Å². The van der Waals surface area contributed by atoms with E-state index in [4.69, 9.17) is 24.7 Å². The number of hydrogen-bond donors (Lipinski definition) is 1. The molecular formula is C30H48N4O5. The van der Waals surface area contributed by atoms with Crippen molar-refractivity contribution in [3.8, 4) is 0 Å². The summed E-state index contributed by atoms with van der Waals surface area (Å²) >= 11 is 0. The van der Waals surface area contributed by atoms with Gasteiger partial charge in [0.1, 0.15) is 17.8 Å². The van der Waals surface area contributed by atoms with Crippen LogP contribution in [0.1, 0.15) is 57.8 Å². The summed E-state index contributed by atoms with van der Waals surface area (Å²) < 4.78 is 23.9. The maximum atomic E-state index is 12.3. The Kier molecular flexibility index (Phi) is 8.57. The summed E-state index contributed by atoms with van der Waals surface area (Å²) in [7, 11) is 0. The average molecular weight is 545 g/mol. The number of carbonyl (C=O) groups is 1. The molecule has 4 fully saturated rings. The van der Waals surface area contributed by atoms with Gasteiger partial charge >= 0.3 is 5.97 Å². The van der Waals surface area contributed by atoms with Crippen molar-refractivity contribution >= 4 is 11.7 Å². The lowest BCUT2D eigenvalue weighted by Crippen LogP contribution is -2.59. The molecule has 0 unspecified atom stereocenters. The van der Waals surface area contributed by atoms with Crippen LogP contribution in [0.4, 0.5) is 5.69 Å². The number of fused-ring (bicyclic) bond motifs is 1. The zero-order chi connectivity index (χ0) is 27.8. The van der Waals surface area contributed by atoms with Crippen molar-refractivity contribution in [3.05, 3.63) is 29.8 Å². The van der Waals surface area contributed by atoms with E-state index in [1.807, 2.05) is 46.8 Å². The zero-order valence-electron chi connectivity index (χ0n) is 24.4. The Balaban J connectivity index is 1.03. The van der Waals surface area contributed by atoms with Crippen molar-refractivity contribution in [1.82, 2.24) is 9.80 Å². The number of nitrogens with zero attached hydrogens (tertiary/aromatic N) is 3. The lowest BCUT2D eigenvalue weighted by atomic mass is 9.95. The molecule has 9 heteroatoms. The van der Waals surface area contributed by atoms with Gasteiger partial charge in [-0.3, -0.25) is 4.90 Å². The van der Waals surface area contributed by atoms with Gasteiger partial charge in [0.05, 0.1) is 24.3 Å². The molecule has 0 spiro atoms. The molecule has 0 aromatic heterocycles. The number of hydrogen-bond acceptors (Lipinski definition) is 9. The Morgan fingerprint density at radius 3 is 2.15 bits per heavy atom. The molecule has 0 aliphatic carbocycles. The summed E-state index contributed by atoms with van der Waals surface area (Å²) in [5.41, 5.74) is 7.56. The molecule has 4 saturated heterocycles. The van der Waals surface area contributed by atoms with Crippen molar-refractivity contribution in [2.24, 2.45) is 11.7 Å². The maximum absolute atomic E-state index is 12.3. The van der Waals surface area contributed by atoms with E-state index >= 15 is 0 Å². The summed E-state index contributed by atoms with van der Waals surface area (Å²) in [6, 6.07) is 7.74. The molecule has 1 aromatic carbocycles. The lowest BCUT2D eigenvalue weighted by Gasteiger charge is -2.42. The monoisotopic (exact) mass is 544 g/mol. The van der Waals surface area contributed by atoms with Gasteiger partial charge in [0, 0.05) is 58.0 Å². The second-order valence-corrected chi connectivity index (χ2v) is 13.2. The molecule has 1 aromatic rings. The van der Waals surface area contributed by atoms with Crippen LogP contribution in [0.3, 0.4) is 0 Å². The standard InChI is InChI=1S/C30H48N4O5/c1-29(2,3)39-28(35)22-6-8-23(9-7-22)34-12-10-21(11-13-34)18-32-14-16-33(17-15-32)19-25-27-26(24(31)20-36-25)37-30(4,5)38-27/h6-9,21,24-27H,10-20,31H2,1-5H3/t24-,25+,26+,27-/m0/s1. The van der Waals surface area contributed by atoms with Crippen molar-refractivity contribution in [2.75, 3.05) is 63.9 Å². The summed E-state index contributed by atoms with van der Waals surface area (Å²) in [4.78, 5) is 19.9. The topological polar surface area (TPSA) is 89.7 Å². The Labute approximate surface area is 233 Å². The largest absolute Gasteiger partial charge is 0.456 e. The van der Waals surface area contributed by atoms with E-state index < -0.39 is 11.4 Å². The first-order valence-corrected chi connectivity index (χ1v) is 14.7. The highest BCUT2D eigenvalue weighted by Gasteiger charge is 2.51. The summed E-state index contributed by atoms with van der Waals surface area (Å²) in [5, 5.41) is 0. The van der Waals surface area contributed by atoms with E-state index in [0.29, 0.717) is 12.2 Å². The van der Waals surface area contributed by atoms with Gasteiger partial charge in [0.2, 0.25) is 0 Å². The molecule has 0 radical (unpaired) electrons. The van der Waals surface area contributed by atoms with Crippen LogP contribution in [0.15, 0.2) is 24.3 Å². The number of ether oxygens (including phenoxy) is 4. The van der Waals surface area contributed by atoms with Crippen LogP contribution in [0, 0.1) is 5.92 Å². The van der Waals surface area contributed by atoms with E-state index in [9.17, 15) is 4.79 Å². The van der Waals surface area contributed by atoms with Crippen LogP contribution in [0.25, 0.3) is 0 Å². The first-order valence-electron chi connectivity index (χ1n) is 14.7. The predicted octanol–water partition coefficient (Wildman–Crippen LogP) is 2.72. The Hall–Kier alpha value is -1.75. The van der Waals surface area contributed by atoms with Crippen molar-refractivity contribution in [1.29, 1.82) is 0 Å². The lowest BCUT2D eigenvalue weighted by molar-refractivity contribution is -0.155. The minimum atomic E-state index is -0.600. The zero-order valence-corrected chi connectivity index (χ0v) is 24.4. The number of piperazine rings is 1. The van der Waals surface area contributed by atoms with Gasteiger partial charge in [0.25, 0.3) is 0 Å². The number of carbonyl (C=O) groups excluding carboxylic acids is 1. The molecule has 4 aliphatic rings. The average Bonchev–Trinajstić information content (AvgIpc) is 3.23. The van der Waals surface area contributed by atoms with Crippen LogP contribution in [0.5, 0.6) is 0 Å². The smallest absolute Gasteiger partial charge is 0.338 e. The highest BCUT2D eigenvalue weighted by molar-refractivity contribution is 5.90. The molecule has 39 heavy (non-hydrogen) atoms. The predicted molar refractivity (Wildman–Crippen MR) is 151 cm³/mol. The minimum Gasteiger partial charge on any atom is -0.456 e. The molecule has 0 saturated carbocycles. The quantitative estimate of drug-likeness (QED) is 0.543. The molecule has 2 N–H and O–H groups in total. The number of esters is 1. The van der Waals surface area contributed by atoms with Crippen molar-refractivity contribution < 1.29 is 23.7 Å². The second kappa shape index (κ2) is 11.6. The second-order valence-electron chi connectivity index (χ2n) is 13.2. The maximum Gasteiger partial charge on any atom is 0.338 e. The Morgan fingerprint density at radius 1 is 0.949 bits per heavy atom. The van der Waals surface area contributed by atoms with Gasteiger partial charge in [0.15, 0.2) is 5.79 Å². The van der Waals surface area contributed by atoms with Crippen molar-refractivity contribution in [2.45, 2.75) is 83.2 Å². The van der Waals surface area contributed by atoms with E-state index in [2.05, 4.69) is 26.8 Å². The SMILES string of the molecule is CC(C)(C)OC(=O)c1ccc(N2CCC(CN3CCN(C[C@H]4OC[C@H](N)[C@H]5OC(C)(C)O[C@H]54)CC3)CC2)cc1. The highest BCUT2D eigenvalue weighted by Crippen LogP contribution is 2.35. The fourth-order valence-electron chi connectivity index (χ4n) is 6.31. The molecule has 4 atom stereocenters. The van der Waals surface area contributed by atoms with Crippen LogP contribution in [-0.4, -0.2) is 110 Å². The van der Waals surface area contributed by atoms with Gasteiger partial charge in [-0.15, -0.1) is 0 Å². The number of nitrogens with two attached hydrogens (primary N) is 1. The van der Waals surface area contributed by atoms with E-state index in [-0.39, 0.29) is 30.3 Å². The van der Waals surface area contributed by atoms with Crippen molar-refractivity contribution in [3.63, 3.8) is 0 Å². The van der Waals surface area contributed by atoms with Gasteiger partial charge in [-0.1, -0.05) is 0 Å². The molecule has 4 aliphatic heterocycles. The normalized spacial score (nSPS) is 30.8. The summed E-state index contributed by atoms with van der Waals surface area (Å²) in [6.45, 7) is 18.6. The molecule has 0 bridgehead atoms. The first kappa shape index (κ1) is 28.8. The molecule has 9 nitrogen and oxygen atoms in total. The van der Waals surface area contributed by atoms with Gasteiger partial charge in [-0.2, -0.15) is 0 Å². The summed E-state index contributed by atoms with van der Waals surface area (Å²) in [6.07, 6.45) is 2.21. The van der Waals surface area contributed by atoms with Gasteiger partial charge in [-0.05, 0) is 77.6 Å². The molecular weight excluding hydrogens is 496 g/mol. The van der Waals surface area contributed by atoms with E-state index in [0.717, 1.165) is 51.7 Å². The fraction of sp³-hybridized carbons (Fsp3) is 0.767. The molecule has 0 amide bonds. The molecule has 5 rings (SSSR count). The first-order chi connectivity index (χ1) is 18.5. The van der Waals surface area contributed by atoms with E-state index in [1.54, 1.807) is 0 Å². The molecule has 218 valence electrons. The number of piperidine rings is 1. The van der Waals surface area contributed by atoms with Crippen LogP contribution in [-0.2, 0) is 18.9 Å². The number of benzene rings is 1. The third kappa shape index (κ3) is 7.31. The third-order valence-electron chi connectivity index (χ3n) is 8.36. The molecule has 4 heterocycles. The Morgan fingerprint density at radius 2 is 1.54 bits per heavy atom. The fourth-order valence-corrected chi connectivity index (χ4v) is 6.31. The minimum absolute atomic E-state index is 0.00524. The van der Waals surface area contributed by atoms with Crippen LogP contribution < -0.4 is 10.6 Å². The summed E-state index contributed by atoms with van der Waals surface area (Å²) in [5.74, 6) is -0.141. The van der Waals surface area contributed by atoms with Gasteiger partial charge in [-0.25, -0.2) is 4.79 Å². The van der Waals surface area contributed by atoms with Gasteiger partial charge < -0.3 is 34.5 Å².